The zero-order valence-corrected chi connectivity index (χ0v) is 16.3. The highest BCUT2D eigenvalue weighted by Crippen LogP contribution is 2.17. The number of unbranched alkanes of at least 4 members (excludes halogenated alkanes) is 1. The minimum Gasteiger partial charge on any atom is -0.369 e. The van der Waals surface area contributed by atoms with Crippen molar-refractivity contribution in [3.05, 3.63) is 34.9 Å². The van der Waals surface area contributed by atoms with Crippen molar-refractivity contribution in [2.75, 3.05) is 33.2 Å². The molecule has 0 unspecified atom stereocenters. The molecule has 0 radical (unpaired) electrons. The maximum Gasteiger partial charge on any atom is 0.220 e. The third-order valence-corrected chi connectivity index (χ3v) is 5.18. The fourth-order valence-electron chi connectivity index (χ4n) is 3.15. The Morgan fingerprint density at radius 1 is 1.27 bits per heavy atom. The molecule has 0 spiro atoms. The first kappa shape index (κ1) is 20.5. The molecular weight excluding hydrogens is 350 g/mol. The Balaban J connectivity index is 1.57. The van der Waals surface area contributed by atoms with Gasteiger partial charge in [-0.25, -0.2) is 0 Å². The van der Waals surface area contributed by atoms with E-state index in [4.69, 9.17) is 17.3 Å². The lowest BCUT2D eigenvalue weighted by atomic mass is 9.96. The number of guanidine groups is 1. The van der Waals surface area contributed by atoms with Gasteiger partial charge in [-0.15, -0.1) is 0 Å². The third kappa shape index (κ3) is 6.84. The van der Waals surface area contributed by atoms with Gasteiger partial charge in [0.05, 0.1) is 0 Å². The molecule has 7 heteroatoms. The molecule has 6 nitrogen and oxygen atoms in total. The summed E-state index contributed by atoms with van der Waals surface area (Å²) in [6.45, 7) is 4.54. The molecule has 4 N–H and O–H groups in total. The average molecular weight is 380 g/mol. The molecule has 0 aromatic heterocycles. The molecule has 0 saturated carbocycles. The number of primary amides is 1. The van der Waals surface area contributed by atoms with Crippen LogP contribution in [0, 0.1) is 5.92 Å². The number of likely N-dealkylation sites (tertiary alicyclic amines) is 1. The molecule has 1 heterocycles. The van der Waals surface area contributed by atoms with E-state index in [9.17, 15) is 4.79 Å². The molecule has 1 amide bonds. The Morgan fingerprint density at radius 3 is 2.65 bits per heavy atom. The molecule has 1 aromatic rings. The minimum absolute atomic E-state index is 0.0698. The van der Waals surface area contributed by atoms with Crippen LogP contribution in [-0.4, -0.2) is 50.0 Å². The molecule has 2 rings (SSSR count). The SMILES string of the molecule is CN=C(NCCCCN1CCC(C(N)=O)CC1)NCc1ccccc1Cl. The van der Waals surface area contributed by atoms with Crippen molar-refractivity contribution in [1.82, 2.24) is 15.5 Å². The van der Waals surface area contributed by atoms with Crippen molar-refractivity contribution in [3.8, 4) is 0 Å². The maximum atomic E-state index is 11.2. The number of carbonyl (C=O) groups excluding carboxylic acids is 1. The van der Waals surface area contributed by atoms with Crippen LogP contribution in [0.2, 0.25) is 5.02 Å². The normalized spacial score (nSPS) is 16.5. The number of halogens is 1. The fraction of sp³-hybridized carbons (Fsp3) is 0.579. The first-order valence-electron chi connectivity index (χ1n) is 9.29. The second kappa shape index (κ2) is 11.0. The second-order valence-corrected chi connectivity index (χ2v) is 7.08. The van der Waals surface area contributed by atoms with Gasteiger partial charge in [0.1, 0.15) is 0 Å². The molecule has 0 bridgehead atoms. The molecule has 1 fully saturated rings. The van der Waals surface area contributed by atoms with E-state index in [-0.39, 0.29) is 11.8 Å². The smallest absolute Gasteiger partial charge is 0.220 e. The Hall–Kier alpha value is -1.79. The summed E-state index contributed by atoms with van der Waals surface area (Å²) in [5.41, 5.74) is 6.43. The summed E-state index contributed by atoms with van der Waals surface area (Å²) in [6, 6.07) is 7.80. The molecule has 0 aliphatic carbocycles. The highest BCUT2D eigenvalue weighted by atomic mass is 35.5. The topological polar surface area (TPSA) is 82.8 Å². The number of hydrogen-bond donors (Lipinski definition) is 3. The van der Waals surface area contributed by atoms with E-state index in [1.807, 2.05) is 24.3 Å². The molecule has 1 aliphatic heterocycles. The zero-order chi connectivity index (χ0) is 18.8. The van der Waals surface area contributed by atoms with Gasteiger partial charge in [-0.1, -0.05) is 29.8 Å². The summed E-state index contributed by atoms with van der Waals surface area (Å²) in [5, 5.41) is 7.38. The van der Waals surface area contributed by atoms with Gasteiger partial charge < -0.3 is 21.3 Å². The van der Waals surface area contributed by atoms with Crippen molar-refractivity contribution in [2.24, 2.45) is 16.6 Å². The predicted octanol–water partition coefficient (Wildman–Crippen LogP) is 1.98. The summed E-state index contributed by atoms with van der Waals surface area (Å²) >= 11 is 6.17. The zero-order valence-electron chi connectivity index (χ0n) is 15.5. The Labute approximate surface area is 161 Å². The number of hydrogen-bond acceptors (Lipinski definition) is 3. The summed E-state index contributed by atoms with van der Waals surface area (Å²) in [7, 11) is 1.77. The predicted molar refractivity (Wildman–Crippen MR) is 107 cm³/mol. The Bertz CT molecular complexity index is 599. The van der Waals surface area contributed by atoms with Crippen molar-refractivity contribution in [3.63, 3.8) is 0 Å². The summed E-state index contributed by atoms with van der Waals surface area (Å²) in [4.78, 5) is 17.8. The number of amides is 1. The fourth-order valence-corrected chi connectivity index (χ4v) is 3.35. The summed E-state index contributed by atoms with van der Waals surface area (Å²) < 4.78 is 0. The molecule has 1 aliphatic rings. The van der Waals surface area contributed by atoms with E-state index in [1.54, 1.807) is 7.05 Å². The molecule has 1 aromatic carbocycles. The van der Waals surface area contributed by atoms with Crippen LogP contribution in [0.5, 0.6) is 0 Å². The van der Waals surface area contributed by atoms with Crippen LogP contribution in [0.15, 0.2) is 29.3 Å². The first-order chi connectivity index (χ1) is 12.6. The Kier molecular flexibility index (Phi) is 8.71. The summed E-state index contributed by atoms with van der Waals surface area (Å²) in [6.07, 6.45) is 3.98. The first-order valence-corrected chi connectivity index (χ1v) is 9.67. The molecule has 1 saturated heterocycles. The standard InChI is InChI=1S/C19H30ClN5O/c1-22-19(24-14-16-6-2-3-7-17(16)20)23-10-4-5-11-25-12-8-15(9-13-25)18(21)26/h2-3,6-7,15H,4-5,8-14H2,1H3,(H2,21,26)(H2,22,23,24). The number of nitrogens with two attached hydrogens (primary N) is 1. The molecule has 26 heavy (non-hydrogen) atoms. The highest BCUT2D eigenvalue weighted by Gasteiger charge is 2.22. The van der Waals surface area contributed by atoms with Gasteiger partial charge in [-0.05, 0) is 56.9 Å². The van der Waals surface area contributed by atoms with Crippen LogP contribution >= 0.6 is 11.6 Å². The molecule has 0 atom stereocenters. The highest BCUT2D eigenvalue weighted by molar-refractivity contribution is 6.31. The van der Waals surface area contributed by atoms with E-state index in [2.05, 4.69) is 20.5 Å². The van der Waals surface area contributed by atoms with Crippen LogP contribution < -0.4 is 16.4 Å². The number of carbonyl (C=O) groups is 1. The van der Waals surface area contributed by atoms with E-state index in [1.165, 1.54) is 0 Å². The lowest BCUT2D eigenvalue weighted by Crippen LogP contribution is -2.39. The van der Waals surface area contributed by atoms with Gasteiger partial charge in [0, 0.05) is 31.1 Å². The van der Waals surface area contributed by atoms with Crippen LogP contribution in [0.4, 0.5) is 0 Å². The molecule has 144 valence electrons. The maximum absolute atomic E-state index is 11.2. The van der Waals surface area contributed by atoms with E-state index >= 15 is 0 Å². The monoisotopic (exact) mass is 379 g/mol. The number of rotatable bonds is 8. The van der Waals surface area contributed by atoms with Crippen LogP contribution in [0.1, 0.15) is 31.2 Å². The van der Waals surface area contributed by atoms with E-state index in [0.717, 1.165) is 68.4 Å². The van der Waals surface area contributed by atoms with Gasteiger partial charge in [0.15, 0.2) is 5.96 Å². The van der Waals surface area contributed by atoms with Crippen molar-refractivity contribution in [1.29, 1.82) is 0 Å². The average Bonchev–Trinajstić information content (AvgIpc) is 2.65. The Morgan fingerprint density at radius 2 is 2.00 bits per heavy atom. The van der Waals surface area contributed by atoms with Gasteiger partial charge in [-0.2, -0.15) is 0 Å². The third-order valence-electron chi connectivity index (χ3n) is 4.81. The lowest BCUT2D eigenvalue weighted by molar-refractivity contribution is -0.123. The van der Waals surface area contributed by atoms with Gasteiger partial charge >= 0.3 is 0 Å². The largest absolute Gasteiger partial charge is 0.369 e. The van der Waals surface area contributed by atoms with Crippen molar-refractivity contribution < 1.29 is 4.79 Å². The van der Waals surface area contributed by atoms with Crippen molar-refractivity contribution in [2.45, 2.75) is 32.2 Å². The number of benzene rings is 1. The number of piperidine rings is 1. The molecular formula is C19H30ClN5O. The van der Waals surface area contributed by atoms with Crippen LogP contribution in [-0.2, 0) is 11.3 Å². The number of aliphatic imine (C=N–C) groups is 1. The van der Waals surface area contributed by atoms with Crippen LogP contribution in [0.3, 0.4) is 0 Å². The minimum atomic E-state index is -0.149. The van der Waals surface area contributed by atoms with Gasteiger partial charge in [0.2, 0.25) is 5.91 Å². The number of nitrogens with zero attached hydrogens (tertiary/aromatic N) is 2. The second-order valence-electron chi connectivity index (χ2n) is 6.67. The van der Waals surface area contributed by atoms with E-state index < -0.39 is 0 Å². The van der Waals surface area contributed by atoms with Crippen LogP contribution in [0.25, 0.3) is 0 Å². The van der Waals surface area contributed by atoms with E-state index in [0.29, 0.717) is 6.54 Å². The van der Waals surface area contributed by atoms with Gasteiger partial charge in [0.25, 0.3) is 0 Å². The van der Waals surface area contributed by atoms with Gasteiger partial charge in [-0.3, -0.25) is 9.79 Å². The number of nitrogens with one attached hydrogen (secondary N) is 2. The lowest BCUT2D eigenvalue weighted by Gasteiger charge is -2.30. The summed E-state index contributed by atoms with van der Waals surface area (Å²) in [5.74, 6) is 0.706. The quantitative estimate of drug-likeness (QED) is 0.366. The van der Waals surface area contributed by atoms with Crippen molar-refractivity contribution >= 4 is 23.5 Å².